The molecule has 3 rings (SSSR count). The van der Waals surface area contributed by atoms with E-state index in [0.717, 1.165) is 12.1 Å². The van der Waals surface area contributed by atoms with E-state index in [9.17, 15) is 18.0 Å². The summed E-state index contributed by atoms with van der Waals surface area (Å²) in [7, 11) is 1.50. The smallest absolute Gasteiger partial charge is 0.416 e. The van der Waals surface area contributed by atoms with E-state index in [1.807, 2.05) is 0 Å². The number of hydrogen-bond acceptors (Lipinski definition) is 3. The van der Waals surface area contributed by atoms with Gasteiger partial charge in [-0.05, 0) is 48.4 Å². The molecule has 0 aliphatic heterocycles. The van der Waals surface area contributed by atoms with E-state index in [4.69, 9.17) is 9.15 Å². The van der Waals surface area contributed by atoms with Crippen LogP contribution in [0.2, 0.25) is 0 Å². The Labute approximate surface area is 135 Å². The van der Waals surface area contributed by atoms with Gasteiger partial charge >= 0.3 is 11.8 Å². The van der Waals surface area contributed by atoms with Crippen LogP contribution in [-0.4, -0.2) is 7.11 Å². The number of methoxy groups -OCH3 is 1. The third-order valence-corrected chi connectivity index (χ3v) is 3.79. The Morgan fingerprint density at radius 2 is 1.75 bits per heavy atom. The topological polar surface area (TPSA) is 39.4 Å². The minimum absolute atomic E-state index is 0.221. The van der Waals surface area contributed by atoms with Crippen LogP contribution in [0.1, 0.15) is 11.1 Å². The van der Waals surface area contributed by atoms with Gasteiger partial charge in [0.2, 0.25) is 0 Å². The van der Waals surface area contributed by atoms with E-state index in [0.29, 0.717) is 27.8 Å². The molecule has 1 aromatic heterocycles. The summed E-state index contributed by atoms with van der Waals surface area (Å²) in [5.74, 6) is 0.545. The Balaban J connectivity index is 2.16. The van der Waals surface area contributed by atoms with Crippen molar-refractivity contribution in [2.75, 3.05) is 7.11 Å². The molecule has 0 aliphatic rings. The van der Waals surface area contributed by atoms with E-state index < -0.39 is 17.4 Å². The van der Waals surface area contributed by atoms with Crippen molar-refractivity contribution in [2.45, 2.75) is 13.1 Å². The minimum Gasteiger partial charge on any atom is -0.497 e. The maximum Gasteiger partial charge on any atom is 0.416 e. The molecule has 3 nitrogen and oxygen atoms in total. The van der Waals surface area contributed by atoms with E-state index in [1.165, 1.54) is 20.1 Å². The minimum atomic E-state index is -4.42. The Morgan fingerprint density at radius 1 is 1.00 bits per heavy atom. The third kappa shape index (κ3) is 2.87. The maximum atomic E-state index is 12.8. The first-order valence-electron chi connectivity index (χ1n) is 7.10. The first-order valence-corrected chi connectivity index (χ1v) is 7.10. The van der Waals surface area contributed by atoms with Gasteiger partial charge in [0.15, 0.2) is 0 Å². The number of benzene rings is 2. The molecule has 0 radical (unpaired) electrons. The van der Waals surface area contributed by atoms with Crippen molar-refractivity contribution < 1.29 is 22.3 Å². The van der Waals surface area contributed by atoms with Crippen molar-refractivity contribution >= 4 is 11.0 Å². The van der Waals surface area contributed by atoms with Gasteiger partial charge in [0.1, 0.15) is 11.3 Å². The van der Waals surface area contributed by atoms with Gasteiger partial charge in [-0.15, -0.1) is 0 Å². The summed E-state index contributed by atoms with van der Waals surface area (Å²) in [5.41, 5.74) is -0.0247. The highest BCUT2D eigenvalue weighted by atomic mass is 19.4. The lowest BCUT2D eigenvalue weighted by molar-refractivity contribution is -0.137. The van der Waals surface area contributed by atoms with Gasteiger partial charge in [0, 0.05) is 11.5 Å². The number of fused-ring (bicyclic) bond motifs is 1. The number of halogens is 3. The molecule has 6 heteroatoms. The van der Waals surface area contributed by atoms with Crippen LogP contribution in [0.5, 0.6) is 5.75 Å². The predicted molar refractivity (Wildman–Crippen MR) is 84.2 cm³/mol. The maximum absolute atomic E-state index is 12.8. The van der Waals surface area contributed by atoms with Crippen LogP contribution in [0.15, 0.2) is 51.7 Å². The molecule has 0 saturated carbocycles. The molecule has 3 aromatic rings. The fourth-order valence-electron chi connectivity index (χ4n) is 2.55. The van der Waals surface area contributed by atoms with Crippen molar-refractivity contribution in [1.29, 1.82) is 0 Å². The highest BCUT2D eigenvalue weighted by molar-refractivity contribution is 5.83. The number of aryl methyl sites for hydroxylation is 1. The highest BCUT2D eigenvalue weighted by Crippen LogP contribution is 2.33. The predicted octanol–water partition coefficient (Wildman–Crippen LogP) is 4.80. The summed E-state index contributed by atoms with van der Waals surface area (Å²) in [4.78, 5) is 12.2. The van der Waals surface area contributed by atoms with E-state index in [-0.39, 0.29) is 5.56 Å². The highest BCUT2D eigenvalue weighted by Gasteiger charge is 2.30. The van der Waals surface area contributed by atoms with Gasteiger partial charge < -0.3 is 9.15 Å². The Hall–Kier alpha value is -2.76. The van der Waals surface area contributed by atoms with Crippen molar-refractivity contribution in [2.24, 2.45) is 0 Å². The largest absolute Gasteiger partial charge is 0.497 e. The van der Waals surface area contributed by atoms with Crippen LogP contribution in [0, 0.1) is 6.92 Å². The molecule has 0 spiro atoms. The van der Waals surface area contributed by atoms with Crippen molar-refractivity contribution in [3.63, 3.8) is 0 Å². The Bertz CT molecular complexity index is 971. The van der Waals surface area contributed by atoms with Crippen LogP contribution in [-0.2, 0) is 6.18 Å². The van der Waals surface area contributed by atoms with Gasteiger partial charge in [-0.25, -0.2) is 4.79 Å². The molecule has 2 aromatic carbocycles. The van der Waals surface area contributed by atoms with Gasteiger partial charge in [0.05, 0.1) is 18.2 Å². The molecule has 0 bridgehead atoms. The lowest BCUT2D eigenvalue weighted by Crippen LogP contribution is -2.07. The molecule has 0 unspecified atom stereocenters. The standard InChI is InChI=1S/C18H13F3O3/c1-10-7-12(18(19,20)21)4-6-14(10)15-8-11-3-5-13(23-2)9-16(11)24-17(15)22/h3-9H,1-2H3. The lowest BCUT2D eigenvalue weighted by atomic mass is 9.98. The lowest BCUT2D eigenvalue weighted by Gasteiger charge is -2.11. The molecule has 0 aliphatic carbocycles. The number of ether oxygens (including phenoxy) is 1. The fraction of sp³-hybridized carbons (Fsp3) is 0.167. The van der Waals surface area contributed by atoms with E-state index in [1.54, 1.807) is 24.3 Å². The first kappa shape index (κ1) is 16.1. The molecule has 0 N–H and O–H groups in total. The van der Waals surface area contributed by atoms with Crippen molar-refractivity contribution in [3.8, 4) is 16.9 Å². The third-order valence-electron chi connectivity index (χ3n) is 3.79. The molecule has 124 valence electrons. The van der Waals surface area contributed by atoms with Crippen LogP contribution in [0.3, 0.4) is 0 Å². The molecular formula is C18H13F3O3. The summed E-state index contributed by atoms with van der Waals surface area (Å²) >= 11 is 0. The Kier molecular flexibility index (Phi) is 3.83. The second kappa shape index (κ2) is 5.70. The summed E-state index contributed by atoms with van der Waals surface area (Å²) in [6.07, 6.45) is -4.42. The zero-order chi connectivity index (χ0) is 17.5. The first-order chi connectivity index (χ1) is 11.3. The van der Waals surface area contributed by atoms with Gasteiger partial charge in [-0.2, -0.15) is 13.2 Å². The molecule has 0 amide bonds. The van der Waals surface area contributed by atoms with Gasteiger partial charge in [0.25, 0.3) is 0 Å². The van der Waals surface area contributed by atoms with E-state index in [2.05, 4.69) is 0 Å². The van der Waals surface area contributed by atoms with Crippen LogP contribution in [0.4, 0.5) is 13.2 Å². The second-order valence-electron chi connectivity index (χ2n) is 5.38. The Morgan fingerprint density at radius 3 is 2.38 bits per heavy atom. The molecule has 0 saturated heterocycles. The van der Waals surface area contributed by atoms with Crippen LogP contribution >= 0.6 is 0 Å². The average Bonchev–Trinajstić information content (AvgIpc) is 2.53. The zero-order valence-electron chi connectivity index (χ0n) is 12.9. The quantitative estimate of drug-likeness (QED) is 0.632. The normalized spacial score (nSPS) is 11.7. The molecular weight excluding hydrogens is 321 g/mol. The van der Waals surface area contributed by atoms with Gasteiger partial charge in [-0.1, -0.05) is 6.07 Å². The van der Waals surface area contributed by atoms with Crippen molar-refractivity contribution in [1.82, 2.24) is 0 Å². The second-order valence-corrected chi connectivity index (χ2v) is 5.38. The number of hydrogen-bond donors (Lipinski definition) is 0. The molecule has 0 atom stereocenters. The van der Waals surface area contributed by atoms with Crippen LogP contribution < -0.4 is 10.4 Å². The summed E-state index contributed by atoms with van der Waals surface area (Å²) < 4.78 is 48.7. The van der Waals surface area contributed by atoms with Crippen LogP contribution in [0.25, 0.3) is 22.1 Å². The number of rotatable bonds is 2. The summed E-state index contributed by atoms with van der Waals surface area (Å²) in [5, 5.41) is 0.657. The van der Waals surface area contributed by atoms with Gasteiger partial charge in [-0.3, -0.25) is 0 Å². The summed E-state index contributed by atoms with van der Waals surface area (Å²) in [6.45, 7) is 1.53. The molecule has 1 heterocycles. The monoisotopic (exact) mass is 334 g/mol. The zero-order valence-corrected chi connectivity index (χ0v) is 12.9. The SMILES string of the molecule is COc1ccc2cc(-c3ccc(C(F)(F)F)cc3C)c(=O)oc2c1. The average molecular weight is 334 g/mol. The van der Waals surface area contributed by atoms with E-state index >= 15 is 0 Å². The fourth-order valence-corrected chi connectivity index (χ4v) is 2.55. The van der Waals surface area contributed by atoms with Crippen molar-refractivity contribution in [3.05, 3.63) is 64.0 Å². The molecule has 24 heavy (non-hydrogen) atoms. The molecule has 0 fully saturated rings. The summed E-state index contributed by atoms with van der Waals surface area (Å²) in [6, 6.07) is 9.90. The number of alkyl halides is 3.